The molecule has 0 radical (unpaired) electrons. The van der Waals surface area contributed by atoms with Crippen molar-refractivity contribution in [1.82, 2.24) is 5.32 Å². The second kappa shape index (κ2) is 5.64. The standard InChI is InChI=1S/C12H19NOS/c1-2-13-11(12-6-3-7-14-12)9-10-5-4-8-15-10/h4-5,8,11-13H,2-3,6-7,9H2,1H3. The van der Waals surface area contributed by atoms with Gasteiger partial charge in [-0.25, -0.2) is 0 Å². The maximum atomic E-state index is 5.76. The van der Waals surface area contributed by atoms with Crippen molar-refractivity contribution >= 4 is 11.3 Å². The van der Waals surface area contributed by atoms with E-state index in [1.807, 2.05) is 11.3 Å². The molecule has 0 bridgehead atoms. The van der Waals surface area contributed by atoms with E-state index >= 15 is 0 Å². The molecular formula is C12H19NOS. The molecule has 1 fully saturated rings. The molecule has 1 aromatic rings. The molecule has 2 nitrogen and oxygen atoms in total. The van der Waals surface area contributed by atoms with Gasteiger partial charge in [0.1, 0.15) is 0 Å². The van der Waals surface area contributed by atoms with Crippen LogP contribution in [-0.4, -0.2) is 25.3 Å². The number of rotatable bonds is 5. The van der Waals surface area contributed by atoms with Crippen molar-refractivity contribution < 1.29 is 4.74 Å². The summed E-state index contributed by atoms with van der Waals surface area (Å²) in [4.78, 5) is 1.46. The number of hydrogen-bond acceptors (Lipinski definition) is 3. The molecule has 84 valence electrons. The molecule has 0 amide bonds. The first kappa shape index (κ1) is 11.1. The van der Waals surface area contributed by atoms with Crippen LogP contribution in [0.1, 0.15) is 24.6 Å². The van der Waals surface area contributed by atoms with Crippen LogP contribution in [0.25, 0.3) is 0 Å². The maximum Gasteiger partial charge on any atom is 0.0732 e. The van der Waals surface area contributed by atoms with Gasteiger partial charge >= 0.3 is 0 Å². The van der Waals surface area contributed by atoms with Gasteiger partial charge < -0.3 is 10.1 Å². The van der Waals surface area contributed by atoms with E-state index in [0.717, 1.165) is 19.6 Å². The summed E-state index contributed by atoms with van der Waals surface area (Å²) in [6.45, 7) is 4.13. The van der Waals surface area contributed by atoms with Gasteiger partial charge in [0.15, 0.2) is 0 Å². The van der Waals surface area contributed by atoms with Crippen molar-refractivity contribution in [3.05, 3.63) is 22.4 Å². The van der Waals surface area contributed by atoms with E-state index in [0.29, 0.717) is 12.1 Å². The number of likely N-dealkylation sites (N-methyl/N-ethyl adjacent to an activating group) is 1. The van der Waals surface area contributed by atoms with Crippen molar-refractivity contribution in [2.45, 2.75) is 38.3 Å². The zero-order valence-corrected chi connectivity index (χ0v) is 10.1. The van der Waals surface area contributed by atoms with Gasteiger partial charge in [-0.15, -0.1) is 11.3 Å². The minimum Gasteiger partial charge on any atom is -0.377 e. The molecule has 1 aliphatic rings. The highest BCUT2D eigenvalue weighted by Crippen LogP contribution is 2.20. The first-order valence-electron chi connectivity index (χ1n) is 5.77. The summed E-state index contributed by atoms with van der Waals surface area (Å²) >= 11 is 1.84. The lowest BCUT2D eigenvalue weighted by Crippen LogP contribution is -2.41. The molecule has 2 unspecified atom stereocenters. The SMILES string of the molecule is CCNC(Cc1cccs1)C1CCCO1. The smallest absolute Gasteiger partial charge is 0.0732 e. The summed E-state index contributed by atoms with van der Waals surface area (Å²) in [6.07, 6.45) is 3.96. The molecule has 1 aromatic heterocycles. The average molecular weight is 225 g/mol. The largest absolute Gasteiger partial charge is 0.377 e. The molecule has 0 saturated carbocycles. The quantitative estimate of drug-likeness (QED) is 0.831. The van der Waals surface area contributed by atoms with Gasteiger partial charge in [0, 0.05) is 17.5 Å². The van der Waals surface area contributed by atoms with Crippen LogP contribution in [-0.2, 0) is 11.2 Å². The van der Waals surface area contributed by atoms with E-state index in [1.165, 1.54) is 17.7 Å². The van der Waals surface area contributed by atoms with Gasteiger partial charge in [-0.3, -0.25) is 0 Å². The summed E-state index contributed by atoms with van der Waals surface area (Å²) in [7, 11) is 0. The van der Waals surface area contributed by atoms with E-state index in [9.17, 15) is 0 Å². The van der Waals surface area contributed by atoms with Gasteiger partial charge in [0.25, 0.3) is 0 Å². The Morgan fingerprint density at radius 3 is 3.20 bits per heavy atom. The summed E-state index contributed by atoms with van der Waals surface area (Å²) in [6, 6.07) is 4.83. The summed E-state index contributed by atoms with van der Waals surface area (Å²) in [5.41, 5.74) is 0. The summed E-state index contributed by atoms with van der Waals surface area (Å²) in [5.74, 6) is 0. The zero-order chi connectivity index (χ0) is 10.5. The normalized spacial score (nSPS) is 23.1. The third kappa shape index (κ3) is 3.03. The Kier molecular flexibility index (Phi) is 4.18. The molecule has 2 atom stereocenters. The highest BCUT2D eigenvalue weighted by molar-refractivity contribution is 7.09. The summed E-state index contributed by atoms with van der Waals surface area (Å²) < 4.78 is 5.76. The molecule has 1 saturated heterocycles. The zero-order valence-electron chi connectivity index (χ0n) is 9.24. The number of ether oxygens (including phenoxy) is 1. The average Bonchev–Trinajstić information content (AvgIpc) is 2.89. The van der Waals surface area contributed by atoms with Gasteiger partial charge in [0.2, 0.25) is 0 Å². The van der Waals surface area contributed by atoms with Crippen LogP contribution in [0, 0.1) is 0 Å². The van der Waals surface area contributed by atoms with Crippen LogP contribution >= 0.6 is 11.3 Å². The topological polar surface area (TPSA) is 21.3 Å². The predicted molar refractivity (Wildman–Crippen MR) is 64.5 cm³/mol. The minimum absolute atomic E-state index is 0.423. The van der Waals surface area contributed by atoms with Gasteiger partial charge in [-0.05, 0) is 37.3 Å². The van der Waals surface area contributed by atoms with Crippen molar-refractivity contribution in [2.24, 2.45) is 0 Å². The van der Waals surface area contributed by atoms with Crippen LogP contribution in [0.3, 0.4) is 0 Å². The fraction of sp³-hybridized carbons (Fsp3) is 0.667. The number of nitrogens with one attached hydrogen (secondary N) is 1. The molecule has 0 spiro atoms. The second-order valence-corrected chi connectivity index (χ2v) is 5.03. The van der Waals surface area contributed by atoms with E-state index in [1.54, 1.807) is 0 Å². The lowest BCUT2D eigenvalue weighted by Gasteiger charge is -2.23. The van der Waals surface area contributed by atoms with Crippen molar-refractivity contribution in [2.75, 3.05) is 13.2 Å². The molecule has 0 aromatic carbocycles. The van der Waals surface area contributed by atoms with E-state index in [4.69, 9.17) is 4.74 Å². The Morgan fingerprint density at radius 1 is 1.67 bits per heavy atom. The molecular weight excluding hydrogens is 206 g/mol. The van der Waals surface area contributed by atoms with Crippen LogP contribution in [0.2, 0.25) is 0 Å². The lowest BCUT2D eigenvalue weighted by molar-refractivity contribution is 0.0791. The Morgan fingerprint density at radius 2 is 2.60 bits per heavy atom. The summed E-state index contributed by atoms with van der Waals surface area (Å²) in [5, 5.41) is 5.69. The third-order valence-corrected chi connectivity index (χ3v) is 3.78. The minimum atomic E-state index is 0.423. The third-order valence-electron chi connectivity index (χ3n) is 2.88. The lowest BCUT2D eigenvalue weighted by atomic mass is 10.0. The molecule has 0 aliphatic carbocycles. The van der Waals surface area contributed by atoms with Gasteiger partial charge in [0.05, 0.1) is 6.10 Å². The Hall–Kier alpha value is -0.380. The number of thiophene rings is 1. The monoisotopic (exact) mass is 225 g/mol. The van der Waals surface area contributed by atoms with Crippen molar-refractivity contribution in [3.63, 3.8) is 0 Å². The maximum absolute atomic E-state index is 5.76. The number of hydrogen-bond donors (Lipinski definition) is 1. The molecule has 1 N–H and O–H groups in total. The fourth-order valence-corrected chi connectivity index (χ4v) is 2.93. The molecule has 2 heterocycles. The van der Waals surface area contributed by atoms with Crippen LogP contribution in [0.4, 0.5) is 0 Å². The predicted octanol–water partition coefficient (Wildman–Crippen LogP) is 2.45. The Balaban J connectivity index is 1.93. The Bertz CT molecular complexity index is 267. The van der Waals surface area contributed by atoms with Crippen molar-refractivity contribution in [3.8, 4) is 0 Å². The van der Waals surface area contributed by atoms with Gasteiger partial charge in [-0.1, -0.05) is 13.0 Å². The highest BCUT2D eigenvalue weighted by atomic mass is 32.1. The van der Waals surface area contributed by atoms with E-state index in [-0.39, 0.29) is 0 Å². The molecule has 3 heteroatoms. The van der Waals surface area contributed by atoms with Crippen LogP contribution < -0.4 is 5.32 Å². The molecule has 15 heavy (non-hydrogen) atoms. The Labute approximate surface area is 95.6 Å². The van der Waals surface area contributed by atoms with Gasteiger partial charge in [-0.2, -0.15) is 0 Å². The van der Waals surface area contributed by atoms with E-state index < -0.39 is 0 Å². The fourth-order valence-electron chi connectivity index (χ4n) is 2.16. The van der Waals surface area contributed by atoms with E-state index in [2.05, 4.69) is 29.8 Å². The van der Waals surface area contributed by atoms with Crippen molar-refractivity contribution in [1.29, 1.82) is 0 Å². The molecule has 2 rings (SSSR count). The van der Waals surface area contributed by atoms with Crippen LogP contribution in [0.15, 0.2) is 17.5 Å². The first-order valence-corrected chi connectivity index (χ1v) is 6.65. The van der Waals surface area contributed by atoms with Crippen LogP contribution in [0.5, 0.6) is 0 Å². The second-order valence-electron chi connectivity index (χ2n) is 4.00. The highest BCUT2D eigenvalue weighted by Gasteiger charge is 2.25. The molecule has 1 aliphatic heterocycles. The first-order chi connectivity index (χ1) is 7.40.